The Hall–Kier alpha value is -1.35. The number of aliphatic carboxylic acids is 1. The summed E-state index contributed by atoms with van der Waals surface area (Å²) < 4.78 is 5.82. The van der Waals surface area contributed by atoms with Crippen molar-refractivity contribution in [1.29, 1.82) is 0 Å². The van der Waals surface area contributed by atoms with Crippen molar-refractivity contribution in [2.24, 2.45) is 0 Å². The van der Waals surface area contributed by atoms with Crippen LogP contribution in [0.2, 0.25) is 0 Å². The number of rotatable bonds is 4. The van der Waals surface area contributed by atoms with Crippen molar-refractivity contribution in [3.8, 4) is 0 Å². The molecule has 3 heteroatoms. The van der Waals surface area contributed by atoms with Crippen molar-refractivity contribution >= 4 is 5.97 Å². The number of carboxylic acids is 1. The van der Waals surface area contributed by atoms with E-state index in [1.165, 1.54) is 0 Å². The smallest absolute Gasteiger partial charge is 0.340 e. The number of benzene rings is 1. The summed E-state index contributed by atoms with van der Waals surface area (Å²) in [6, 6.07) is 5.73. The molecule has 1 unspecified atom stereocenters. The number of ether oxygens (including phenoxy) is 1. The Morgan fingerprint density at radius 1 is 1.33 bits per heavy atom. The molecule has 0 spiro atoms. The maximum absolute atomic E-state index is 11.6. The van der Waals surface area contributed by atoms with Crippen LogP contribution >= 0.6 is 0 Å². The molecule has 1 aliphatic carbocycles. The van der Waals surface area contributed by atoms with Gasteiger partial charge in [0.1, 0.15) is 0 Å². The third-order valence-corrected chi connectivity index (χ3v) is 3.92. The van der Waals surface area contributed by atoms with Crippen molar-refractivity contribution in [3.05, 3.63) is 34.9 Å². The number of hydrogen-bond donors (Lipinski definition) is 1. The maximum Gasteiger partial charge on any atom is 0.340 e. The molecule has 0 radical (unpaired) electrons. The van der Waals surface area contributed by atoms with Crippen LogP contribution in [0.15, 0.2) is 18.2 Å². The monoisotopic (exact) mass is 248 g/mol. The lowest BCUT2D eigenvalue weighted by atomic mass is 9.90. The Morgan fingerprint density at radius 3 is 2.44 bits per heavy atom. The van der Waals surface area contributed by atoms with Gasteiger partial charge in [-0.1, -0.05) is 18.2 Å². The summed E-state index contributed by atoms with van der Waals surface area (Å²) in [7, 11) is 0. The average Bonchev–Trinajstić information content (AvgIpc) is 2.26. The Balaban J connectivity index is 2.32. The quantitative estimate of drug-likeness (QED) is 0.890. The topological polar surface area (TPSA) is 46.5 Å². The predicted octanol–water partition coefficient (Wildman–Crippen LogP) is 3.17. The van der Waals surface area contributed by atoms with Crippen LogP contribution in [-0.4, -0.2) is 17.2 Å². The highest BCUT2D eigenvalue weighted by atomic mass is 16.5. The zero-order valence-corrected chi connectivity index (χ0v) is 11.2. The molecule has 0 bridgehead atoms. The van der Waals surface area contributed by atoms with Crippen LogP contribution in [0.25, 0.3) is 0 Å². The van der Waals surface area contributed by atoms with E-state index in [0.29, 0.717) is 0 Å². The van der Waals surface area contributed by atoms with E-state index in [9.17, 15) is 9.90 Å². The highest BCUT2D eigenvalue weighted by Crippen LogP contribution is 2.34. The summed E-state index contributed by atoms with van der Waals surface area (Å²) >= 11 is 0. The van der Waals surface area contributed by atoms with Crippen molar-refractivity contribution in [3.63, 3.8) is 0 Å². The van der Waals surface area contributed by atoms with Crippen LogP contribution in [0, 0.1) is 13.8 Å². The zero-order valence-electron chi connectivity index (χ0n) is 11.2. The van der Waals surface area contributed by atoms with E-state index < -0.39 is 11.6 Å². The van der Waals surface area contributed by atoms with Gasteiger partial charge >= 0.3 is 5.97 Å². The highest BCUT2D eigenvalue weighted by molar-refractivity contribution is 5.79. The molecule has 18 heavy (non-hydrogen) atoms. The average molecular weight is 248 g/mol. The molecule has 98 valence electrons. The Labute approximate surface area is 108 Å². The van der Waals surface area contributed by atoms with E-state index in [4.69, 9.17) is 4.74 Å². The summed E-state index contributed by atoms with van der Waals surface area (Å²) in [5.41, 5.74) is 1.75. The molecule has 3 nitrogen and oxygen atoms in total. The van der Waals surface area contributed by atoms with Gasteiger partial charge in [-0.2, -0.15) is 0 Å². The van der Waals surface area contributed by atoms with Gasteiger partial charge < -0.3 is 9.84 Å². The number of aryl methyl sites for hydroxylation is 2. The summed E-state index contributed by atoms with van der Waals surface area (Å²) in [6.07, 6.45) is 3.15. The molecule has 0 amide bonds. The van der Waals surface area contributed by atoms with Gasteiger partial charge in [0.25, 0.3) is 0 Å². The summed E-state index contributed by atoms with van der Waals surface area (Å²) in [5, 5.41) is 9.49. The lowest BCUT2D eigenvalue weighted by molar-refractivity contribution is -0.179. The van der Waals surface area contributed by atoms with Gasteiger partial charge in [-0.25, -0.2) is 4.79 Å². The molecule has 2 rings (SSSR count). The molecule has 0 aromatic heterocycles. The Morgan fingerprint density at radius 2 is 2.00 bits per heavy atom. The molecule has 0 saturated heterocycles. The number of hydrogen-bond acceptors (Lipinski definition) is 2. The fourth-order valence-corrected chi connectivity index (χ4v) is 2.10. The third-order valence-electron chi connectivity index (χ3n) is 3.92. The first-order chi connectivity index (χ1) is 8.43. The molecule has 1 saturated carbocycles. The van der Waals surface area contributed by atoms with E-state index >= 15 is 0 Å². The predicted molar refractivity (Wildman–Crippen MR) is 69.6 cm³/mol. The van der Waals surface area contributed by atoms with Crippen molar-refractivity contribution in [2.75, 3.05) is 0 Å². The molecule has 1 aliphatic rings. The van der Waals surface area contributed by atoms with Crippen LogP contribution in [0.5, 0.6) is 0 Å². The van der Waals surface area contributed by atoms with Gasteiger partial charge in [-0.15, -0.1) is 0 Å². The second-order valence-electron chi connectivity index (χ2n) is 5.31. The van der Waals surface area contributed by atoms with Crippen molar-refractivity contribution in [2.45, 2.75) is 51.7 Å². The van der Waals surface area contributed by atoms with E-state index in [1.807, 2.05) is 32.0 Å². The third kappa shape index (κ3) is 2.27. The summed E-state index contributed by atoms with van der Waals surface area (Å²) in [5.74, 6) is -0.919. The fraction of sp³-hybridized carbons (Fsp3) is 0.533. The molecule has 1 fully saturated rings. The van der Waals surface area contributed by atoms with Crippen LogP contribution < -0.4 is 0 Å². The maximum atomic E-state index is 11.6. The van der Waals surface area contributed by atoms with Gasteiger partial charge in [-0.3, -0.25) is 0 Å². The SMILES string of the molecule is Cc1ccc(C(C)(OC2CCC2)C(=O)O)cc1C. The Bertz CT molecular complexity index is 463. The van der Waals surface area contributed by atoms with Gasteiger partial charge in [-0.05, 0) is 56.7 Å². The van der Waals surface area contributed by atoms with Crippen LogP contribution in [-0.2, 0) is 15.1 Å². The first-order valence-electron chi connectivity index (χ1n) is 6.42. The van der Waals surface area contributed by atoms with E-state index in [-0.39, 0.29) is 6.10 Å². The zero-order chi connectivity index (χ0) is 13.3. The van der Waals surface area contributed by atoms with Gasteiger partial charge in [0, 0.05) is 0 Å². The van der Waals surface area contributed by atoms with Gasteiger partial charge in [0.2, 0.25) is 0 Å². The molecule has 0 aliphatic heterocycles. The molecule has 0 heterocycles. The van der Waals surface area contributed by atoms with Crippen LogP contribution in [0.1, 0.15) is 42.9 Å². The Kier molecular flexibility index (Phi) is 3.44. The van der Waals surface area contributed by atoms with Crippen molar-refractivity contribution in [1.82, 2.24) is 0 Å². The molecular weight excluding hydrogens is 228 g/mol. The number of carboxylic acid groups (broad SMARTS) is 1. The molecule has 1 aromatic carbocycles. The molecule has 1 aromatic rings. The standard InChI is InChI=1S/C15H20O3/c1-10-7-8-12(9-11(10)2)15(3,14(16)17)18-13-5-4-6-13/h7-9,13H,4-6H2,1-3H3,(H,16,17). The highest BCUT2D eigenvalue weighted by Gasteiger charge is 2.40. The normalized spacial score (nSPS) is 19.1. The second kappa shape index (κ2) is 4.73. The minimum atomic E-state index is -1.23. The van der Waals surface area contributed by atoms with E-state index in [1.54, 1.807) is 6.92 Å². The summed E-state index contributed by atoms with van der Waals surface area (Å²) in [4.78, 5) is 11.6. The molecular formula is C15H20O3. The minimum Gasteiger partial charge on any atom is -0.479 e. The lowest BCUT2D eigenvalue weighted by Gasteiger charge is -2.35. The minimum absolute atomic E-state index is 0.0905. The largest absolute Gasteiger partial charge is 0.479 e. The lowest BCUT2D eigenvalue weighted by Crippen LogP contribution is -2.41. The summed E-state index contributed by atoms with van der Waals surface area (Å²) in [6.45, 7) is 5.66. The van der Waals surface area contributed by atoms with Crippen LogP contribution in [0.3, 0.4) is 0 Å². The van der Waals surface area contributed by atoms with Crippen LogP contribution in [0.4, 0.5) is 0 Å². The van der Waals surface area contributed by atoms with E-state index in [0.717, 1.165) is 36.0 Å². The van der Waals surface area contributed by atoms with Crippen molar-refractivity contribution < 1.29 is 14.6 Å². The second-order valence-corrected chi connectivity index (χ2v) is 5.31. The van der Waals surface area contributed by atoms with E-state index in [2.05, 4.69) is 0 Å². The fourth-order valence-electron chi connectivity index (χ4n) is 2.10. The molecule has 1 N–H and O–H groups in total. The first-order valence-corrected chi connectivity index (χ1v) is 6.42. The van der Waals surface area contributed by atoms with Gasteiger partial charge in [0.15, 0.2) is 5.60 Å². The number of carbonyl (C=O) groups is 1. The first kappa shape index (κ1) is 13.1. The molecule has 1 atom stereocenters. The van der Waals surface area contributed by atoms with Gasteiger partial charge in [0.05, 0.1) is 6.10 Å².